The standard InChI is InChI=1S/C9H16N2O6S2/c1-19(16,17)7-5-18-3-2-11(7)9(15)10-4-6(12)8(13)14/h6-7,12H,2-5H2,1H3,(H,10,15)(H,13,14). The molecule has 2 unspecified atom stereocenters. The predicted molar refractivity (Wildman–Crippen MR) is 69.7 cm³/mol. The molecule has 1 rings (SSSR count). The van der Waals surface area contributed by atoms with Gasteiger partial charge in [0, 0.05) is 24.3 Å². The third kappa shape index (κ3) is 4.55. The van der Waals surface area contributed by atoms with Crippen molar-refractivity contribution in [2.24, 2.45) is 0 Å². The number of carbonyl (C=O) groups excluding carboxylic acids is 1. The van der Waals surface area contributed by atoms with Crippen molar-refractivity contribution in [3.63, 3.8) is 0 Å². The van der Waals surface area contributed by atoms with Crippen LogP contribution in [-0.2, 0) is 14.6 Å². The van der Waals surface area contributed by atoms with Gasteiger partial charge >= 0.3 is 12.0 Å². The number of sulfone groups is 1. The Morgan fingerprint density at radius 1 is 1.53 bits per heavy atom. The number of urea groups is 1. The number of hydrogen-bond donors (Lipinski definition) is 3. The molecule has 1 heterocycles. The van der Waals surface area contributed by atoms with Crippen LogP contribution in [0.5, 0.6) is 0 Å². The van der Waals surface area contributed by atoms with Crippen molar-refractivity contribution in [3.05, 3.63) is 0 Å². The highest BCUT2D eigenvalue weighted by atomic mass is 32.2. The monoisotopic (exact) mass is 312 g/mol. The lowest BCUT2D eigenvalue weighted by Gasteiger charge is -2.34. The Kier molecular flexibility index (Phi) is 5.44. The summed E-state index contributed by atoms with van der Waals surface area (Å²) in [7, 11) is -3.41. The molecule has 19 heavy (non-hydrogen) atoms. The molecule has 2 atom stereocenters. The summed E-state index contributed by atoms with van der Waals surface area (Å²) in [5, 5.41) is 18.8. The van der Waals surface area contributed by atoms with Crippen molar-refractivity contribution in [2.75, 3.05) is 30.9 Å². The summed E-state index contributed by atoms with van der Waals surface area (Å²) in [5.74, 6) is -0.552. The Morgan fingerprint density at radius 2 is 2.16 bits per heavy atom. The van der Waals surface area contributed by atoms with E-state index in [1.54, 1.807) is 0 Å². The number of rotatable bonds is 4. The van der Waals surface area contributed by atoms with E-state index in [9.17, 15) is 18.0 Å². The van der Waals surface area contributed by atoms with Gasteiger partial charge in [-0.25, -0.2) is 18.0 Å². The molecule has 110 valence electrons. The highest BCUT2D eigenvalue weighted by molar-refractivity contribution is 8.00. The number of aliphatic hydroxyl groups is 1. The van der Waals surface area contributed by atoms with E-state index >= 15 is 0 Å². The van der Waals surface area contributed by atoms with Crippen LogP contribution in [0.15, 0.2) is 0 Å². The number of aliphatic hydroxyl groups excluding tert-OH is 1. The number of carboxylic acids is 1. The smallest absolute Gasteiger partial charge is 0.334 e. The summed E-state index contributed by atoms with van der Waals surface area (Å²) < 4.78 is 23.1. The number of carbonyl (C=O) groups is 2. The molecule has 8 nitrogen and oxygen atoms in total. The molecular formula is C9H16N2O6S2. The average molecular weight is 312 g/mol. The van der Waals surface area contributed by atoms with E-state index in [4.69, 9.17) is 10.2 Å². The molecule has 0 radical (unpaired) electrons. The predicted octanol–water partition coefficient (Wildman–Crippen LogP) is -1.44. The Hall–Kier alpha value is -1.00. The quantitative estimate of drug-likeness (QED) is 0.581. The van der Waals surface area contributed by atoms with Crippen molar-refractivity contribution in [2.45, 2.75) is 11.5 Å². The molecule has 0 bridgehead atoms. The first kappa shape index (κ1) is 16.1. The lowest BCUT2D eigenvalue weighted by molar-refractivity contribution is -0.146. The summed E-state index contributed by atoms with van der Waals surface area (Å²) in [6.45, 7) is -0.203. The number of nitrogens with one attached hydrogen (secondary N) is 1. The van der Waals surface area contributed by atoms with E-state index in [1.165, 1.54) is 11.8 Å². The molecule has 0 spiro atoms. The Labute approximate surface area is 115 Å². The zero-order chi connectivity index (χ0) is 14.6. The zero-order valence-electron chi connectivity index (χ0n) is 10.3. The highest BCUT2D eigenvalue weighted by Crippen LogP contribution is 2.20. The fraction of sp³-hybridized carbons (Fsp3) is 0.778. The molecule has 1 aliphatic rings. The summed E-state index contributed by atoms with van der Waals surface area (Å²) in [6.07, 6.45) is -0.657. The third-order valence-corrected chi connectivity index (χ3v) is 5.21. The topological polar surface area (TPSA) is 124 Å². The van der Waals surface area contributed by atoms with E-state index in [2.05, 4.69) is 5.32 Å². The summed E-state index contributed by atoms with van der Waals surface area (Å²) >= 11 is 1.44. The molecule has 1 fully saturated rings. The largest absolute Gasteiger partial charge is 0.479 e. The fourth-order valence-electron chi connectivity index (χ4n) is 1.54. The number of thioether (sulfide) groups is 1. The van der Waals surface area contributed by atoms with Crippen molar-refractivity contribution in [1.29, 1.82) is 0 Å². The van der Waals surface area contributed by atoms with Crippen molar-refractivity contribution in [3.8, 4) is 0 Å². The van der Waals surface area contributed by atoms with Crippen LogP contribution in [0.4, 0.5) is 4.79 Å². The molecule has 0 aromatic rings. The van der Waals surface area contributed by atoms with Gasteiger partial charge in [0.05, 0.1) is 6.54 Å². The van der Waals surface area contributed by atoms with Crippen LogP contribution in [0, 0.1) is 0 Å². The molecule has 1 aliphatic heterocycles. The molecule has 0 aliphatic carbocycles. The molecule has 2 amide bonds. The summed E-state index contributed by atoms with van der Waals surface area (Å²) in [6, 6.07) is -0.684. The fourth-order valence-corrected chi connectivity index (χ4v) is 4.36. The first-order chi connectivity index (χ1) is 8.73. The number of carboxylic acid groups (broad SMARTS) is 1. The maximum absolute atomic E-state index is 11.8. The van der Waals surface area contributed by atoms with E-state index in [1.807, 2.05) is 0 Å². The molecule has 0 aromatic heterocycles. The maximum atomic E-state index is 11.8. The van der Waals surface area contributed by atoms with Gasteiger partial charge in [0.25, 0.3) is 0 Å². The first-order valence-electron chi connectivity index (χ1n) is 5.45. The Bertz CT molecular complexity index is 452. The second-order valence-electron chi connectivity index (χ2n) is 4.09. The Balaban J connectivity index is 2.65. The number of amides is 2. The third-order valence-electron chi connectivity index (χ3n) is 2.57. The molecule has 10 heteroatoms. The SMILES string of the molecule is CS(=O)(=O)C1CSCCN1C(=O)NCC(O)C(=O)O. The number of hydrogen-bond acceptors (Lipinski definition) is 6. The van der Waals surface area contributed by atoms with E-state index in [0.717, 1.165) is 11.2 Å². The zero-order valence-corrected chi connectivity index (χ0v) is 11.9. The minimum absolute atomic E-state index is 0.261. The van der Waals surface area contributed by atoms with Gasteiger partial charge in [0.15, 0.2) is 15.9 Å². The van der Waals surface area contributed by atoms with Gasteiger partial charge in [0.1, 0.15) is 5.37 Å². The second kappa shape index (κ2) is 6.44. The van der Waals surface area contributed by atoms with Gasteiger partial charge in [0.2, 0.25) is 0 Å². The van der Waals surface area contributed by atoms with Crippen molar-refractivity contribution < 1.29 is 28.2 Å². The van der Waals surface area contributed by atoms with Crippen LogP contribution in [0.1, 0.15) is 0 Å². The van der Waals surface area contributed by atoms with Crippen LogP contribution in [0.25, 0.3) is 0 Å². The molecule has 3 N–H and O–H groups in total. The van der Waals surface area contributed by atoms with Gasteiger partial charge in [-0.3, -0.25) is 0 Å². The molecule has 1 saturated heterocycles. The van der Waals surface area contributed by atoms with E-state index < -0.39 is 39.9 Å². The molecular weight excluding hydrogens is 296 g/mol. The summed E-state index contributed by atoms with van der Waals surface area (Å²) in [5.41, 5.74) is 0. The maximum Gasteiger partial charge on any atom is 0.334 e. The van der Waals surface area contributed by atoms with Crippen molar-refractivity contribution >= 4 is 33.6 Å². The minimum Gasteiger partial charge on any atom is -0.479 e. The first-order valence-corrected chi connectivity index (χ1v) is 8.56. The second-order valence-corrected chi connectivity index (χ2v) is 7.45. The van der Waals surface area contributed by atoms with Crippen LogP contribution in [0.3, 0.4) is 0 Å². The lowest BCUT2D eigenvalue weighted by atomic mass is 10.3. The van der Waals surface area contributed by atoms with Gasteiger partial charge in [-0.1, -0.05) is 0 Å². The van der Waals surface area contributed by atoms with Crippen molar-refractivity contribution in [1.82, 2.24) is 10.2 Å². The van der Waals surface area contributed by atoms with Crippen LogP contribution in [0.2, 0.25) is 0 Å². The van der Waals surface area contributed by atoms with Crippen LogP contribution >= 0.6 is 11.8 Å². The van der Waals surface area contributed by atoms with Crippen LogP contribution in [-0.4, -0.2) is 77.9 Å². The molecule has 0 saturated carbocycles. The van der Waals surface area contributed by atoms with E-state index in [-0.39, 0.29) is 12.3 Å². The van der Waals surface area contributed by atoms with E-state index in [0.29, 0.717) is 5.75 Å². The van der Waals surface area contributed by atoms with Gasteiger partial charge in [-0.05, 0) is 0 Å². The van der Waals surface area contributed by atoms with Gasteiger partial charge in [-0.15, -0.1) is 0 Å². The van der Waals surface area contributed by atoms with Crippen LogP contribution < -0.4 is 5.32 Å². The van der Waals surface area contributed by atoms with Gasteiger partial charge in [-0.2, -0.15) is 11.8 Å². The highest BCUT2D eigenvalue weighted by Gasteiger charge is 2.34. The molecule has 0 aromatic carbocycles. The normalized spacial score (nSPS) is 21.8. The van der Waals surface area contributed by atoms with Gasteiger partial charge < -0.3 is 20.4 Å². The minimum atomic E-state index is -3.41. The lowest BCUT2D eigenvalue weighted by Crippen LogP contribution is -2.54. The Morgan fingerprint density at radius 3 is 2.68 bits per heavy atom. The average Bonchev–Trinajstić information content (AvgIpc) is 2.34. The number of aliphatic carboxylic acids is 1. The number of nitrogens with zero attached hydrogens (tertiary/aromatic N) is 1. The summed E-state index contributed by atoms with van der Waals surface area (Å²) in [4.78, 5) is 23.4.